The topological polar surface area (TPSA) is 158 Å². The number of fused-ring (bicyclic) bond motifs is 3. The molecule has 178 valence electrons. The van der Waals surface area contributed by atoms with Crippen LogP contribution in [-0.2, 0) is 14.4 Å². The molecule has 0 saturated heterocycles. The molecule has 35 heavy (non-hydrogen) atoms. The van der Waals surface area contributed by atoms with Crippen LogP contribution in [0.1, 0.15) is 28.7 Å². The summed E-state index contributed by atoms with van der Waals surface area (Å²) in [6.45, 7) is 1.94. The highest BCUT2D eigenvalue weighted by atomic mass is 16.3. The lowest BCUT2D eigenvalue weighted by Crippen LogP contribution is -2.51. The molecule has 0 heterocycles. The zero-order valence-corrected chi connectivity index (χ0v) is 18.7. The minimum absolute atomic E-state index is 0.0293. The lowest BCUT2D eigenvalue weighted by molar-refractivity contribution is -0.132. The number of aryl methyl sites for hydroxylation is 1. The molecule has 1 amide bonds. The van der Waals surface area contributed by atoms with Crippen molar-refractivity contribution in [1.82, 2.24) is 0 Å². The predicted molar refractivity (Wildman–Crippen MR) is 127 cm³/mol. The van der Waals surface area contributed by atoms with Gasteiger partial charge < -0.3 is 26.2 Å². The van der Waals surface area contributed by atoms with Crippen molar-refractivity contribution < 1.29 is 34.8 Å². The molecule has 6 N–H and O–H groups in total. The molecule has 8 heteroatoms. The molecular formula is C27H23NO7. The number of benzene rings is 2. The van der Waals surface area contributed by atoms with Gasteiger partial charge >= 0.3 is 0 Å². The average Bonchev–Trinajstić information content (AvgIpc) is 2.79. The highest BCUT2D eigenvalue weighted by molar-refractivity contribution is 6.22. The zero-order chi connectivity index (χ0) is 25.2. The number of ketones is 2. The highest BCUT2D eigenvalue weighted by Gasteiger charge is 2.56. The fraction of sp³-hybridized carbons (Fsp3) is 0.222. The Morgan fingerprint density at radius 2 is 1.71 bits per heavy atom. The fourth-order valence-corrected chi connectivity index (χ4v) is 5.52. The van der Waals surface area contributed by atoms with E-state index in [4.69, 9.17) is 5.73 Å². The van der Waals surface area contributed by atoms with E-state index >= 15 is 0 Å². The van der Waals surface area contributed by atoms with Gasteiger partial charge in [0.15, 0.2) is 11.6 Å². The minimum Gasteiger partial charge on any atom is -0.511 e. The molecule has 1 unspecified atom stereocenters. The third-order valence-corrected chi connectivity index (χ3v) is 7.14. The predicted octanol–water partition coefficient (Wildman–Crippen LogP) is 2.59. The number of amides is 1. The summed E-state index contributed by atoms with van der Waals surface area (Å²) < 4.78 is 0. The van der Waals surface area contributed by atoms with Crippen LogP contribution < -0.4 is 5.73 Å². The molecular weight excluding hydrogens is 450 g/mol. The van der Waals surface area contributed by atoms with Gasteiger partial charge in [-0.15, -0.1) is 0 Å². The van der Waals surface area contributed by atoms with Crippen molar-refractivity contribution in [2.75, 3.05) is 0 Å². The second kappa shape index (κ2) is 7.95. The van der Waals surface area contributed by atoms with E-state index in [-0.39, 0.29) is 23.3 Å². The summed E-state index contributed by atoms with van der Waals surface area (Å²) in [6.07, 6.45) is 0.0401. The maximum atomic E-state index is 13.7. The standard InChI is InChI=1S/C27H23NO7/c1-11-5-7-12(8-6-11)9-14-13-3-2-4-16(29)18(13)24(32)22-19(14)23(31)15-10-17(30)21(27(28)35)25(33)20(15)26(22)34/h2-9,15,19-20,23,29,31-33H,10H2,1H3,(H2,28,35)/b14-9+/t15-,19+,20?,23+/m0/s1. The molecule has 3 aliphatic carbocycles. The summed E-state index contributed by atoms with van der Waals surface area (Å²) >= 11 is 0. The number of aliphatic hydroxyl groups is 3. The summed E-state index contributed by atoms with van der Waals surface area (Å²) in [5, 5.41) is 43.9. The lowest BCUT2D eigenvalue weighted by atomic mass is 9.58. The van der Waals surface area contributed by atoms with Crippen LogP contribution in [0.15, 0.2) is 59.4 Å². The van der Waals surface area contributed by atoms with Crippen molar-refractivity contribution in [3.05, 3.63) is 81.6 Å². The van der Waals surface area contributed by atoms with E-state index in [1.54, 1.807) is 18.2 Å². The normalized spacial score (nSPS) is 27.0. The number of hydrogen-bond donors (Lipinski definition) is 5. The van der Waals surface area contributed by atoms with Gasteiger partial charge in [0.2, 0.25) is 0 Å². The maximum absolute atomic E-state index is 13.7. The Morgan fingerprint density at radius 1 is 1.03 bits per heavy atom. The second-order valence-corrected chi connectivity index (χ2v) is 9.20. The van der Waals surface area contributed by atoms with Crippen LogP contribution in [0.3, 0.4) is 0 Å². The summed E-state index contributed by atoms with van der Waals surface area (Å²) in [5.41, 5.74) is 7.13. The molecule has 0 aromatic heterocycles. The number of primary amides is 1. The number of hydrogen-bond acceptors (Lipinski definition) is 7. The van der Waals surface area contributed by atoms with Gasteiger partial charge in [0.1, 0.15) is 22.8 Å². The molecule has 1 fully saturated rings. The van der Waals surface area contributed by atoms with Gasteiger partial charge in [-0.05, 0) is 29.7 Å². The van der Waals surface area contributed by atoms with Crippen molar-refractivity contribution in [2.24, 2.45) is 23.5 Å². The maximum Gasteiger partial charge on any atom is 0.255 e. The summed E-state index contributed by atoms with van der Waals surface area (Å²) in [4.78, 5) is 38.1. The van der Waals surface area contributed by atoms with E-state index in [1.807, 2.05) is 31.2 Å². The van der Waals surface area contributed by atoms with Crippen molar-refractivity contribution >= 4 is 34.9 Å². The molecule has 0 aliphatic heterocycles. The fourth-order valence-electron chi connectivity index (χ4n) is 5.52. The number of allylic oxidation sites excluding steroid dienone is 1. The molecule has 4 atom stereocenters. The first kappa shape index (κ1) is 22.6. The van der Waals surface area contributed by atoms with Gasteiger partial charge in [-0.2, -0.15) is 0 Å². The Labute approximate surface area is 200 Å². The van der Waals surface area contributed by atoms with Gasteiger partial charge in [-0.1, -0.05) is 48.0 Å². The summed E-state index contributed by atoms with van der Waals surface area (Å²) in [6, 6.07) is 12.2. The number of carbonyl (C=O) groups excluding carboxylic acids is 3. The van der Waals surface area contributed by atoms with Gasteiger partial charge in [-0.3, -0.25) is 14.4 Å². The first-order valence-corrected chi connectivity index (χ1v) is 11.1. The molecule has 5 rings (SSSR count). The number of aliphatic hydroxyl groups excluding tert-OH is 3. The number of carbonyl (C=O) groups is 3. The molecule has 2 aromatic carbocycles. The smallest absolute Gasteiger partial charge is 0.255 e. The number of phenolic OH excluding ortho intramolecular Hbond substituents is 1. The van der Waals surface area contributed by atoms with E-state index < -0.39 is 58.4 Å². The van der Waals surface area contributed by atoms with Crippen LogP contribution in [0.4, 0.5) is 0 Å². The molecule has 0 spiro atoms. The molecule has 0 bridgehead atoms. The van der Waals surface area contributed by atoms with Crippen LogP contribution in [0, 0.1) is 24.7 Å². The number of aromatic hydroxyl groups is 1. The number of phenols is 1. The summed E-state index contributed by atoms with van der Waals surface area (Å²) in [7, 11) is 0. The Balaban J connectivity index is 1.77. The van der Waals surface area contributed by atoms with Crippen LogP contribution in [0.5, 0.6) is 5.75 Å². The van der Waals surface area contributed by atoms with E-state index in [2.05, 4.69) is 0 Å². The van der Waals surface area contributed by atoms with Crippen LogP contribution in [0.2, 0.25) is 0 Å². The first-order valence-electron chi connectivity index (χ1n) is 11.1. The number of Topliss-reactive ketones (excluding diaryl/α,β-unsaturated/α-hetero) is 2. The van der Waals surface area contributed by atoms with E-state index in [1.165, 1.54) is 6.07 Å². The van der Waals surface area contributed by atoms with Gasteiger partial charge in [-0.25, -0.2) is 0 Å². The first-order chi connectivity index (χ1) is 16.6. The van der Waals surface area contributed by atoms with Crippen molar-refractivity contribution in [3.63, 3.8) is 0 Å². The van der Waals surface area contributed by atoms with Crippen molar-refractivity contribution in [3.8, 4) is 5.75 Å². The lowest BCUT2D eigenvalue weighted by Gasteiger charge is -2.45. The largest absolute Gasteiger partial charge is 0.511 e. The summed E-state index contributed by atoms with van der Waals surface area (Å²) in [5.74, 6) is -7.72. The zero-order valence-electron chi connectivity index (χ0n) is 18.7. The van der Waals surface area contributed by atoms with Gasteiger partial charge in [0, 0.05) is 23.8 Å². The van der Waals surface area contributed by atoms with E-state index in [0.717, 1.165) is 11.1 Å². The Kier molecular flexibility index (Phi) is 5.14. The van der Waals surface area contributed by atoms with Crippen molar-refractivity contribution in [2.45, 2.75) is 19.4 Å². The monoisotopic (exact) mass is 473 g/mol. The minimum atomic E-state index is -1.42. The Hall–Kier alpha value is -4.17. The molecule has 0 radical (unpaired) electrons. The molecule has 2 aromatic rings. The SMILES string of the molecule is Cc1ccc(/C=C2\c3cccc(O)c3C(O)=C3C(=O)C4C(O)=C(C(N)=O)C(=O)C[C@@H]4[C@@H](O)[C@@H]32)cc1. The second-order valence-electron chi connectivity index (χ2n) is 9.20. The highest BCUT2D eigenvalue weighted by Crippen LogP contribution is 2.54. The van der Waals surface area contributed by atoms with Gasteiger partial charge in [0.25, 0.3) is 5.91 Å². The van der Waals surface area contributed by atoms with Crippen LogP contribution >= 0.6 is 0 Å². The van der Waals surface area contributed by atoms with E-state index in [0.29, 0.717) is 11.1 Å². The van der Waals surface area contributed by atoms with E-state index in [9.17, 15) is 34.8 Å². The molecule has 8 nitrogen and oxygen atoms in total. The van der Waals surface area contributed by atoms with Crippen molar-refractivity contribution in [1.29, 1.82) is 0 Å². The Bertz CT molecular complexity index is 1400. The third kappa shape index (κ3) is 3.29. The average molecular weight is 473 g/mol. The Morgan fingerprint density at radius 3 is 2.37 bits per heavy atom. The number of rotatable bonds is 2. The van der Waals surface area contributed by atoms with Crippen LogP contribution in [0.25, 0.3) is 17.4 Å². The third-order valence-electron chi connectivity index (χ3n) is 7.14. The molecule has 3 aliphatic rings. The molecule has 1 saturated carbocycles. The van der Waals surface area contributed by atoms with Crippen LogP contribution in [-0.4, -0.2) is 44.0 Å². The number of nitrogens with two attached hydrogens (primary N) is 1. The van der Waals surface area contributed by atoms with Gasteiger partial charge in [0.05, 0.1) is 17.6 Å². The quantitative estimate of drug-likeness (QED) is 0.419.